The first-order valence-electron chi connectivity index (χ1n) is 9.77. The minimum absolute atomic E-state index is 0.107. The van der Waals surface area contributed by atoms with Crippen LogP contribution in [0.3, 0.4) is 0 Å². The Bertz CT molecular complexity index is 941. The quantitative estimate of drug-likeness (QED) is 0.810. The van der Waals surface area contributed by atoms with E-state index in [1.165, 1.54) is 12.1 Å². The highest BCUT2D eigenvalue weighted by atomic mass is 32.2. The van der Waals surface area contributed by atoms with Crippen molar-refractivity contribution >= 4 is 21.6 Å². The van der Waals surface area contributed by atoms with Crippen molar-refractivity contribution in [3.05, 3.63) is 60.2 Å². The number of hydrogen-bond acceptors (Lipinski definition) is 5. The number of hydrogen-bond donors (Lipinski definition) is 1. The molecule has 7 nitrogen and oxygen atoms in total. The normalized spacial score (nSPS) is 20.6. The third-order valence-electron chi connectivity index (χ3n) is 5.21. The summed E-state index contributed by atoms with van der Waals surface area (Å²) in [7, 11) is -3.72. The Morgan fingerprint density at radius 1 is 0.966 bits per heavy atom. The van der Waals surface area contributed by atoms with Gasteiger partial charge in [0.15, 0.2) is 6.29 Å². The lowest BCUT2D eigenvalue weighted by Gasteiger charge is -2.38. The topological polar surface area (TPSA) is 84.9 Å². The Hall–Kier alpha value is -2.42. The lowest BCUT2D eigenvalue weighted by molar-refractivity contribution is -0.100. The summed E-state index contributed by atoms with van der Waals surface area (Å²) in [5, 5.41) is 0. The molecule has 2 aliphatic heterocycles. The van der Waals surface area contributed by atoms with E-state index in [0.717, 1.165) is 19.3 Å². The van der Waals surface area contributed by atoms with Gasteiger partial charge in [0.25, 0.3) is 15.9 Å². The first kappa shape index (κ1) is 19.9. The number of ether oxygens (including phenoxy) is 2. The van der Waals surface area contributed by atoms with Gasteiger partial charge < -0.3 is 14.4 Å². The van der Waals surface area contributed by atoms with E-state index in [0.29, 0.717) is 31.0 Å². The van der Waals surface area contributed by atoms with Gasteiger partial charge in [-0.3, -0.25) is 9.52 Å². The van der Waals surface area contributed by atoms with E-state index < -0.39 is 10.0 Å². The first-order valence-corrected chi connectivity index (χ1v) is 11.2. The summed E-state index contributed by atoms with van der Waals surface area (Å²) in [6.45, 7) is 1.73. The van der Waals surface area contributed by atoms with E-state index in [1.54, 1.807) is 41.3 Å². The number of amides is 1. The molecule has 2 fully saturated rings. The summed E-state index contributed by atoms with van der Waals surface area (Å²) in [5.41, 5.74) is 0.939. The zero-order chi connectivity index (χ0) is 20.3. The summed E-state index contributed by atoms with van der Waals surface area (Å²) in [4.78, 5) is 15.0. The molecule has 0 aromatic heterocycles. The molecule has 2 aromatic carbocycles. The van der Waals surface area contributed by atoms with Crippen LogP contribution in [0.15, 0.2) is 59.5 Å². The van der Waals surface area contributed by atoms with Crippen LogP contribution in [-0.2, 0) is 19.5 Å². The van der Waals surface area contributed by atoms with Crippen LogP contribution in [0, 0.1) is 0 Å². The highest BCUT2D eigenvalue weighted by molar-refractivity contribution is 7.92. The molecule has 2 aliphatic rings. The second kappa shape index (κ2) is 8.52. The van der Waals surface area contributed by atoms with Crippen molar-refractivity contribution in [1.29, 1.82) is 0 Å². The average molecular weight is 416 g/mol. The average Bonchev–Trinajstić information content (AvgIpc) is 3.28. The summed E-state index contributed by atoms with van der Waals surface area (Å²) < 4.78 is 38.9. The van der Waals surface area contributed by atoms with Gasteiger partial charge in [-0.25, -0.2) is 8.42 Å². The van der Waals surface area contributed by atoms with Gasteiger partial charge in [0.05, 0.1) is 24.2 Å². The van der Waals surface area contributed by atoms with Crippen molar-refractivity contribution in [2.24, 2.45) is 0 Å². The van der Waals surface area contributed by atoms with Crippen LogP contribution in [0.1, 0.15) is 29.6 Å². The molecule has 2 heterocycles. The Kier molecular flexibility index (Phi) is 5.84. The van der Waals surface area contributed by atoms with Gasteiger partial charge >= 0.3 is 0 Å². The maximum Gasteiger partial charge on any atom is 0.261 e. The molecule has 0 saturated carbocycles. The number of nitrogens with one attached hydrogen (secondary N) is 1. The number of benzene rings is 2. The Balaban J connectivity index is 1.50. The van der Waals surface area contributed by atoms with Crippen LogP contribution >= 0.6 is 0 Å². The predicted molar refractivity (Wildman–Crippen MR) is 108 cm³/mol. The van der Waals surface area contributed by atoms with Gasteiger partial charge in [-0.1, -0.05) is 18.2 Å². The number of carbonyl (C=O) groups is 1. The lowest BCUT2D eigenvalue weighted by Crippen LogP contribution is -2.50. The summed E-state index contributed by atoms with van der Waals surface area (Å²) >= 11 is 0. The van der Waals surface area contributed by atoms with Gasteiger partial charge in [0, 0.05) is 17.8 Å². The minimum Gasteiger partial charge on any atom is -0.348 e. The summed E-state index contributed by atoms with van der Waals surface area (Å²) in [6.07, 6.45) is 2.42. The molecule has 2 aromatic rings. The second-order valence-electron chi connectivity index (χ2n) is 7.17. The number of piperidine rings is 1. The molecule has 1 amide bonds. The third kappa shape index (κ3) is 4.44. The SMILES string of the molecule is O=C(c1ccc(S(=O)(=O)Nc2ccccc2)cc1)N1CCCC[C@H]1C1OCCO1. The van der Waals surface area contributed by atoms with Crippen molar-refractivity contribution in [1.82, 2.24) is 4.90 Å². The van der Waals surface area contributed by atoms with Gasteiger partial charge in [0.1, 0.15) is 0 Å². The fourth-order valence-electron chi connectivity index (χ4n) is 3.75. The molecule has 154 valence electrons. The molecule has 2 saturated heterocycles. The van der Waals surface area contributed by atoms with E-state index in [2.05, 4.69) is 4.72 Å². The van der Waals surface area contributed by atoms with E-state index in [9.17, 15) is 13.2 Å². The highest BCUT2D eigenvalue weighted by Crippen LogP contribution is 2.26. The molecule has 1 N–H and O–H groups in total. The fourth-order valence-corrected chi connectivity index (χ4v) is 4.81. The van der Waals surface area contributed by atoms with E-state index in [4.69, 9.17) is 9.47 Å². The molecule has 4 rings (SSSR count). The number of carbonyl (C=O) groups excluding carboxylic acids is 1. The second-order valence-corrected chi connectivity index (χ2v) is 8.85. The molecule has 0 unspecified atom stereocenters. The van der Waals surface area contributed by atoms with Crippen molar-refractivity contribution in [2.75, 3.05) is 24.5 Å². The van der Waals surface area contributed by atoms with Crippen LogP contribution in [0.25, 0.3) is 0 Å². The smallest absolute Gasteiger partial charge is 0.261 e. The van der Waals surface area contributed by atoms with Crippen LogP contribution < -0.4 is 4.72 Å². The zero-order valence-electron chi connectivity index (χ0n) is 16.0. The van der Waals surface area contributed by atoms with Crippen LogP contribution in [-0.4, -0.2) is 51.3 Å². The summed E-state index contributed by atoms with van der Waals surface area (Å²) in [5.74, 6) is -0.131. The largest absolute Gasteiger partial charge is 0.348 e. The number of sulfonamides is 1. The number of anilines is 1. The predicted octanol–water partition coefficient (Wildman–Crippen LogP) is 2.86. The van der Waals surface area contributed by atoms with Crippen LogP contribution in [0.4, 0.5) is 5.69 Å². The van der Waals surface area contributed by atoms with Gasteiger partial charge in [-0.15, -0.1) is 0 Å². The highest BCUT2D eigenvalue weighted by Gasteiger charge is 2.36. The van der Waals surface area contributed by atoms with E-state index in [1.807, 2.05) is 6.07 Å². The molecular weight excluding hydrogens is 392 g/mol. The van der Waals surface area contributed by atoms with E-state index >= 15 is 0 Å². The lowest BCUT2D eigenvalue weighted by atomic mass is 10.00. The molecular formula is C21H24N2O5S. The van der Waals surface area contributed by atoms with Gasteiger partial charge in [0.2, 0.25) is 0 Å². The first-order chi connectivity index (χ1) is 14.0. The Labute approximate surface area is 170 Å². The maximum absolute atomic E-state index is 13.1. The molecule has 0 radical (unpaired) electrons. The van der Waals surface area contributed by atoms with Gasteiger partial charge in [-0.05, 0) is 55.7 Å². The van der Waals surface area contributed by atoms with Crippen LogP contribution in [0.5, 0.6) is 0 Å². The van der Waals surface area contributed by atoms with Crippen LogP contribution in [0.2, 0.25) is 0 Å². The van der Waals surface area contributed by atoms with E-state index in [-0.39, 0.29) is 23.1 Å². The minimum atomic E-state index is -3.72. The number of likely N-dealkylation sites (tertiary alicyclic amines) is 1. The zero-order valence-corrected chi connectivity index (χ0v) is 16.8. The standard InChI is InChI=1S/C21H24N2O5S/c24-20(23-13-5-4-8-19(23)21-27-14-15-28-21)16-9-11-18(12-10-16)29(25,26)22-17-6-2-1-3-7-17/h1-3,6-7,9-12,19,21-22H,4-5,8,13-15H2/t19-/m0/s1. The molecule has 0 bridgehead atoms. The molecule has 0 aliphatic carbocycles. The molecule has 0 spiro atoms. The Morgan fingerprint density at radius 3 is 2.34 bits per heavy atom. The molecule has 1 atom stereocenters. The van der Waals surface area contributed by atoms with Crippen molar-refractivity contribution in [2.45, 2.75) is 36.5 Å². The van der Waals surface area contributed by atoms with Crippen molar-refractivity contribution in [3.8, 4) is 0 Å². The Morgan fingerprint density at radius 2 is 1.66 bits per heavy atom. The molecule has 8 heteroatoms. The third-order valence-corrected chi connectivity index (χ3v) is 6.61. The number of para-hydroxylation sites is 1. The van der Waals surface area contributed by atoms with Crippen molar-refractivity contribution < 1.29 is 22.7 Å². The number of nitrogens with zero attached hydrogens (tertiary/aromatic N) is 1. The number of rotatable bonds is 5. The summed E-state index contributed by atoms with van der Waals surface area (Å²) in [6, 6.07) is 14.6. The molecule has 29 heavy (non-hydrogen) atoms. The van der Waals surface area contributed by atoms with Gasteiger partial charge in [-0.2, -0.15) is 0 Å². The monoisotopic (exact) mass is 416 g/mol. The fraction of sp³-hybridized carbons (Fsp3) is 0.381. The van der Waals surface area contributed by atoms with Crippen molar-refractivity contribution in [3.63, 3.8) is 0 Å². The maximum atomic E-state index is 13.1.